The molecular weight excluding hydrogens is 434 g/mol. The first-order valence-electron chi connectivity index (χ1n) is 11.6. The van der Waals surface area contributed by atoms with Gasteiger partial charge in [0.15, 0.2) is 11.5 Å². The highest BCUT2D eigenvalue weighted by Gasteiger charge is 2.23. The fourth-order valence-electron chi connectivity index (χ4n) is 4.88. The average Bonchev–Trinajstić information content (AvgIpc) is 3.41. The Morgan fingerprint density at radius 3 is 2.76 bits per heavy atom. The van der Waals surface area contributed by atoms with Crippen molar-refractivity contribution in [2.45, 2.75) is 32.1 Å². The van der Waals surface area contributed by atoms with Gasteiger partial charge in [0.2, 0.25) is 0 Å². The van der Waals surface area contributed by atoms with Crippen LogP contribution in [0.15, 0.2) is 51.0 Å². The predicted octanol–water partition coefficient (Wildman–Crippen LogP) is 6.46. The number of azo groups is 1. The van der Waals surface area contributed by atoms with Gasteiger partial charge in [0, 0.05) is 30.3 Å². The van der Waals surface area contributed by atoms with Gasteiger partial charge < -0.3 is 24.3 Å². The van der Waals surface area contributed by atoms with Gasteiger partial charge in [-0.05, 0) is 56.2 Å². The number of aryl methyl sites for hydroxylation is 1. The number of furan rings is 1. The third-order valence-electron chi connectivity index (χ3n) is 6.78. The second-order valence-corrected chi connectivity index (χ2v) is 8.79. The van der Waals surface area contributed by atoms with Crippen molar-refractivity contribution in [3.63, 3.8) is 0 Å². The van der Waals surface area contributed by atoms with E-state index in [0.717, 1.165) is 54.7 Å². The van der Waals surface area contributed by atoms with Gasteiger partial charge in [-0.2, -0.15) is 0 Å². The van der Waals surface area contributed by atoms with Gasteiger partial charge in [-0.25, -0.2) is 4.79 Å². The zero-order valence-electron chi connectivity index (χ0n) is 19.0. The van der Waals surface area contributed by atoms with Crippen LogP contribution in [-0.4, -0.2) is 41.4 Å². The molecule has 0 aliphatic carbocycles. The molecule has 8 nitrogen and oxygen atoms in total. The van der Waals surface area contributed by atoms with Gasteiger partial charge in [-0.3, -0.25) is 0 Å². The molecule has 2 aliphatic heterocycles. The van der Waals surface area contributed by atoms with Crippen LogP contribution in [0.1, 0.15) is 42.6 Å². The molecule has 0 bridgehead atoms. The Morgan fingerprint density at radius 2 is 2.00 bits per heavy atom. The molecule has 3 heterocycles. The standard InChI is InChI=1S/C26H27N3O5/c1-33-22-10-9-19-24(30)23(15-21-17-6-2-3-8-20(17)27-28-21)34-25(19)18(22)7-4-5-16-11-13-29(14-12-16)26(31)32/h2-3,6,8-10,15-16,30H,4-5,7,11-14H2,1H3,(H,31,32). The average molecular weight is 462 g/mol. The van der Waals surface area contributed by atoms with Crippen LogP contribution >= 0.6 is 0 Å². The van der Waals surface area contributed by atoms with Crippen LogP contribution < -0.4 is 4.74 Å². The first kappa shape index (κ1) is 22.0. The highest BCUT2D eigenvalue weighted by Crippen LogP contribution is 2.42. The molecule has 1 saturated heterocycles. The molecule has 0 spiro atoms. The molecule has 8 heteroatoms. The molecule has 1 aromatic heterocycles. The van der Waals surface area contributed by atoms with E-state index in [-0.39, 0.29) is 5.75 Å². The third-order valence-corrected chi connectivity index (χ3v) is 6.78. The number of carbonyl (C=O) groups is 1. The number of likely N-dealkylation sites (tertiary alicyclic amines) is 1. The summed E-state index contributed by atoms with van der Waals surface area (Å²) >= 11 is 0. The summed E-state index contributed by atoms with van der Waals surface area (Å²) < 4.78 is 11.8. The normalized spacial score (nSPS) is 17.0. The first-order valence-corrected chi connectivity index (χ1v) is 11.6. The van der Waals surface area contributed by atoms with Gasteiger partial charge in [0.25, 0.3) is 0 Å². The topological polar surface area (TPSA) is 108 Å². The number of hydrogen-bond donors (Lipinski definition) is 2. The first-order chi connectivity index (χ1) is 16.5. The number of hydrogen-bond acceptors (Lipinski definition) is 6. The molecule has 3 aromatic rings. The quantitative estimate of drug-likeness (QED) is 0.438. The van der Waals surface area contributed by atoms with E-state index in [9.17, 15) is 9.90 Å². The van der Waals surface area contributed by atoms with Crippen LogP contribution in [0.2, 0.25) is 0 Å². The molecule has 1 fully saturated rings. The number of aromatic hydroxyl groups is 1. The van der Waals surface area contributed by atoms with Crippen molar-refractivity contribution in [2.24, 2.45) is 16.1 Å². The summed E-state index contributed by atoms with van der Waals surface area (Å²) in [4.78, 5) is 12.6. The molecule has 0 atom stereocenters. The molecule has 0 radical (unpaired) electrons. The minimum absolute atomic E-state index is 0.0760. The molecule has 1 amide bonds. The lowest BCUT2D eigenvalue weighted by molar-refractivity contribution is 0.123. The number of ether oxygens (including phenoxy) is 1. The number of benzene rings is 2. The molecule has 0 unspecified atom stereocenters. The summed E-state index contributed by atoms with van der Waals surface area (Å²) in [6.07, 6.45) is 5.34. The lowest BCUT2D eigenvalue weighted by Crippen LogP contribution is -2.37. The Balaban J connectivity index is 1.37. The van der Waals surface area contributed by atoms with Gasteiger partial charge >= 0.3 is 6.09 Å². The lowest BCUT2D eigenvalue weighted by atomic mass is 9.90. The van der Waals surface area contributed by atoms with E-state index in [4.69, 9.17) is 14.3 Å². The lowest BCUT2D eigenvalue weighted by Gasteiger charge is -2.29. The monoisotopic (exact) mass is 461 g/mol. The predicted molar refractivity (Wildman–Crippen MR) is 129 cm³/mol. The van der Waals surface area contributed by atoms with Crippen molar-refractivity contribution in [2.75, 3.05) is 20.2 Å². The van der Waals surface area contributed by atoms with Crippen molar-refractivity contribution < 1.29 is 24.2 Å². The van der Waals surface area contributed by atoms with Crippen molar-refractivity contribution >= 4 is 34.5 Å². The molecule has 0 saturated carbocycles. The molecule has 176 valence electrons. The summed E-state index contributed by atoms with van der Waals surface area (Å²) in [7, 11) is 1.63. The number of carboxylic acid groups (broad SMARTS) is 1. The van der Waals surface area contributed by atoms with E-state index in [0.29, 0.717) is 41.4 Å². The van der Waals surface area contributed by atoms with Gasteiger partial charge in [0.05, 0.1) is 23.9 Å². The Morgan fingerprint density at radius 1 is 1.21 bits per heavy atom. The number of amides is 1. The molecular formula is C26H27N3O5. The molecule has 2 N–H and O–H groups in total. The highest BCUT2D eigenvalue weighted by molar-refractivity contribution is 5.95. The SMILES string of the molecule is COc1ccc2c(O)c(C=C3N=Nc4ccccc43)oc2c1CCCC1CCN(C(=O)O)CC1. The number of methoxy groups -OCH3 is 1. The maximum Gasteiger partial charge on any atom is 0.407 e. The van der Waals surface area contributed by atoms with Crippen LogP contribution in [0, 0.1) is 5.92 Å². The van der Waals surface area contributed by atoms with Crippen molar-refractivity contribution in [3.8, 4) is 11.5 Å². The minimum atomic E-state index is -0.833. The maximum absolute atomic E-state index is 11.1. The minimum Gasteiger partial charge on any atom is -0.504 e. The summed E-state index contributed by atoms with van der Waals surface area (Å²) in [5.41, 5.74) is 3.88. The summed E-state index contributed by atoms with van der Waals surface area (Å²) in [5, 5.41) is 29.1. The van der Waals surface area contributed by atoms with Crippen molar-refractivity contribution in [3.05, 3.63) is 53.3 Å². The zero-order valence-corrected chi connectivity index (χ0v) is 19.0. The van der Waals surface area contributed by atoms with E-state index in [1.807, 2.05) is 36.4 Å². The second-order valence-electron chi connectivity index (χ2n) is 8.79. The fraction of sp³-hybridized carbons (Fsp3) is 0.346. The Kier molecular flexibility index (Phi) is 5.96. The van der Waals surface area contributed by atoms with Crippen LogP contribution in [0.3, 0.4) is 0 Å². The highest BCUT2D eigenvalue weighted by atomic mass is 16.5. The molecule has 2 aliphatic rings. The molecule has 34 heavy (non-hydrogen) atoms. The van der Waals surface area contributed by atoms with E-state index >= 15 is 0 Å². The Bertz CT molecular complexity index is 1290. The van der Waals surface area contributed by atoms with Crippen molar-refractivity contribution in [1.29, 1.82) is 0 Å². The maximum atomic E-state index is 11.1. The number of nitrogens with zero attached hydrogens (tertiary/aromatic N) is 3. The third kappa shape index (κ3) is 4.11. The number of piperidine rings is 1. The van der Waals surface area contributed by atoms with E-state index in [2.05, 4.69) is 10.2 Å². The van der Waals surface area contributed by atoms with Crippen LogP contribution in [0.25, 0.3) is 22.7 Å². The van der Waals surface area contributed by atoms with Crippen molar-refractivity contribution in [1.82, 2.24) is 4.90 Å². The summed E-state index contributed by atoms with van der Waals surface area (Å²) in [6, 6.07) is 11.3. The molecule has 5 rings (SSSR count). The summed E-state index contributed by atoms with van der Waals surface area (Å²) in [5.74, 6) is 1.66. The van der Waals surface area contributed by atoms with Crippen LogP contribution in [0.4, 0.5) is 10.5 Å². The second kappa shape index (κ2) is 9.21. The smallest absolute Gasteiger partial charge is 0.407 e. The number of rotatable bonds is 6. The van der Waals surface area contributed by atoms with Crippen LogP contribution in [0.5, 0.6) is 11.5 Å². The fourth-order valence-corrected chi connectivity index (χ4v) is 4.88. The number of fused-ring (bicyclic) bond motifs is 2. The van der Waals surface area contributed by atoms with Gasteiger partial charge in [0.1, 0.15) is 11.3 Å². The van der Waals surface area contributed by atoms with Crippen LogP contribution in [-0.2, 0) is 6.42 Å². The Labute approximate surface area is 197 Å². The Hall–Kier alpha value is -3.81. The van der Waals surface area contributed by atoms with E-state index in [1.54, 1.807) is 13.2 Å². The van der Waals surface area contributed by atoms with Gasteiger partial charge in [-0.15, -0.1) is 10.2 Å². The zero-order chi connectivity index (χ0) is 23.7. The van der Waals surface area contributed by atoms with Gasteiger partial charge in [-0.1, -0.05) is 18.2 Å². The largest absolute Gasteiger partial charge is 0.504 e. The summed E-state index contributed by atoms with van der Waals surface area (Å²) in [6.45, 7) is 1.20. The molecule has 2 aromatic carbocycles. The van der Waals surface area contributed by atoms with E-state index < -0.39 is 6.09 Å². The van der Waals surface area contributed by atoms with E-state index in [1.165, 1.54) is 4.90 Å².